The molecule has 1 N–H and O–H groups in total. The summed E-state index contributed by atoms with van der Waals surface area (Å²) >= 11 is 1.83. The van der Waals surface area contributed by atoms with Crippen LogP contribution in [0.25, 0.3) is 0 Å². The van der Waals surface area contributed by atoms with Crippen molar-refractivity contribution in [3.05, 3.63) is 39.4 Å². The molecule has 1 rings (SSSR count). The molecule has 8 heteroatoms. The van der Waals surface area contributed by atoms with Crippen molar-refractivity contribution in [2.45, 2.75) is 10.8 Å². The van der Waals surface area contributed by atoms with Crippen LogP contribution < -0.4 is 5.32 Å². The number of nitrogens with zero attached hydrogens (tertiary/aromatic N) is 1. The van der Waals surface area contributed by atoms with E-state index in [1.165, 1.54) is 13.2 Å². The number of nitro groups is 1. The number of nitrogens with one attached hydrogen (secondary N) is 1. The van der Waals surface area contributed by atoms with Crippen LogP contribution >= 0.6 is 22.6 Å². The number of methoxy groups -OCH3 is 1. The number of carbonyl (C=O) groups is 2. The summed E-state index contributed by atoms with van der Waals surface area (Å²) in [5.41, 5.74) is 0.151. The quantitative estimate of drug-likeness (QED) is 0.270. The molecule has 0 spiro atoms. The van der Waals surface area contributed by atoms with Gasteiger partial charge in [-0.1, -0.05) is 34.7 Å². The van der Waals surface area contributed by atoms with E-state index >= 15 is 0 Å². The number of alkyl halides is 1. The van der Waals surface area contributed by atoms with Crippen LogP contribution in [0.2, 0.25) is 0 Å². The smallest absolute Gasteiger partial charge is 0.320 e. The molecule has 0 saturated carbocycles. The zero-order chi connectivity index (χ0) is 15.3. The zero-order valence-corrected chi connectivity index (χ0v) is 13.0. The van der Waals surface area contributed by atoms with Gasteiger partial charge in [-0.3, -0.25) is 19.7 Å². The third-order valence-electron chi connectivity index (χ3n) is 2.56. The topological polar surface area (TPSA) is 98.5 Å². The number of hydrogen-bond acceptors (Lipinski definition) is 5. The van der Waals surface area contributed by atoms with Gasteiger partial charge in [0.25, 0.3) is 11.6 Å². The number of hydrogen-bond donors (Lipinski definition) is 1. The Labute approximate surface area is 129 Å². The Morgan fingerprint density at radius 2 is 2.15 bits per heavy atom. The van der Waals surface area contributed by atoms with Crippen molar-refractivity contribution >= 4 is 40.2 Å². The van der Waals surface area contributed by atoms with Crippen molar-refractivity contribution in [1.82, 2.24) is 5.32 Å². The first-order valence-corrected chi connectivity index (χ1v) is 6.87. The first kappa shape index (κ1) is 16.3. The number of carbonyl (C=O) groups excluding carboxylic acids is 2. The summed E-state index contributed by atoms with van der Waals surface area (Å²) in [6, 6.07) is 4.50. The number of aryl methyl sites for hydroxylation is 1. The number of rotatable bonds is 5. The molecule has 0 bridgehead atoms. The molecule has 20 heavy (non-hydrogen) atoms. The van der Waals surface area contributed by atoms with Crippen LogP contribution in [0.5, 0.6) is 0 Å². The molecule has 0 radical (unpaired) electrons. The van der Waals surface area contributed by atoms with E-state index in [1.807, 2.05) is 22.6 Å². The summed E-state index contributed by atoms with van der Waals surface area (Å²) in [7, 11) is 1.25. The van der Waals surface area contributed by atoms with Crippen LogP contribution in [0, 0.1) is 17.0 Å². The molecule has 0 fully saturated rings. The van der Waals surface area contributed by atoms with Crippen LogP contribution in [0.4, 0.5) is 5.69 Å². The minimum atomic E-state index is -0.592. The molecule has 1 amide bonds. The average molecular weight is 392 g/mol. The molecule has 1 atom stereocenters. The highest BCUT2D eigenvalue weighted by Crippen LogP contribution is 2.22. The van der Waals surface area contributed by atoms with Gasteiger partial charge in [0.1, 0.15) is 9.49 Å². The Morgan fingerprint density at radius 3 is 2.70 bits per heavy atom. The van der Waals surface area contributed by atoms with Crippen LogP contribution in [0.15, 0.2) is 18.2 Å². The third-order valence-corrected chi connectivity index (χ3v) is 3.51. The van der Waals surface area contributed by atoms with Gasteiger partial charge in [-0.25, -0.2) is 0 Å². The Kier molecular flexibility index (Phi) is 5.86. The average Bonchev–Trinajstić information content (AvgIpc) is 2.42. The van der Waals surface area contributed by atoms with Gasteiger partial charge in [-0.05, 0) is 13.0 Å². The summed E-state index contributed by atoms with van der Waals surface area (Å²) in [6.07, 6.45) is 0. The number of benzene rings is 1. The fraction of sp³-hybridized carbons (Fsp3) is 0.333. The third kappa shape index (κ3) is 3.89. The van der Waals surface area contributed by atoms with Gasteiger partial charge in [-0.15, -0.1) is 0 Å². The molecule has 0 aromatic heterocycles. The van der Waals surface area contributed by atoms with Crippen molar-refractivity contribution < 1.29 is 19.2 Å². The summed E-state index contributed by atoms with van der Waals surface area (Å²) in [5, 5.41) is 13.5. The van der Waals surface area contributed by atoms with E-state index < -0.39 is 20.7 Å². The zero-order valence-electron chi connectivity index (χ0n) is 10.9. The maximum absolute atomic E-state index is 12.0. The maximum Gasteiger partial charge on any atom is 0.320 e. The summed E-state index contributed by atoms with van der Waals surface area (Å²) in [4.78, 5) is 33.6. The highest BCUT2D eigenvalue weighted by molar-refractivity contribution is 14.1. The Balaban J connectivity index is 2.86. The second-order valence-corrected chi connectivity index (χ2v) is 5.43. The highest BCUT2D eigenvalue weighted by atomic mass is 127. The first-order chi connectivity index (χ1) is 9.38. The molecule has 0 saturated heterocycles. The monoisotopic (exact) mass is 392 g/mol. The molecule has 1 aromatic carbocycles. The predicted octanol–water partition coefficient (Wildman–Crippen LogP) is 1.61. The molecule has 108 valence electrons. The summed E-state index contributed by atoms with van der Waals surface area (Å²) in [5.74, 6) is -1.06. The van der Waals surface area contributed by atoms with Gasteiger partial charge in [0.2, 0.25) is 0 Å². The van der Waals surface area contributed by atoms with E-state index in [-0.39, 0.29) is 17.8 Å². The molecule has 0 heterocycles. The van der Waals surface area contributed by atoms with Crippen LogP contribution in [0.1, 0.15) is 15.9 Å². The van der Waals surface area contributed by atoms with E-state index in [0.717, 1.165) is 0 Å². The molecule has 0 aliphatic rings. The van der Waals surface area contributed by atoms with Gasteiger partial charge in [0.05, 0.1) is 12.0 Å². The van der Waals surface area contributed by atoms with Crippen molar-refractivity contribution in [1.29, 1.82) is 0 Å². The Morgan fingerprint density at radius 1 is 1.50 bits per heavy atom. The first-order valence-electron chi connectivity index (χ1n) is 5.62. The van der Waals surface area contributed by atoms with Gasteiger partial charge in [0.15, 0.2) is 0 Å². The van der Waals surface area contributed by atoms with Gasteiger partial charge in [-0.2, -0.15) is 0 Å². The second-order valence-electron chi connectivity index (χ2n) is 3.93. The molecular weight excluding hydrogens is 379 g/mol. The summed E-state index contributed by atoms with van der Waals surface area (Å²) in [6.45, 7) is 1.60. The molecule has 0 aliphatic heterocycles. The van der Waals surface area contributed by atoms with E-state index in [0.29, 0.717) is 5.56 Å². The highest BCUT2D eigenvalue weighted by Gasteiger charge is 2.23. The normalized spacial score (nSPS) is 11.6. The standard InChI is InChI=1S/C12H13IN2O5/c1-7-4-3-5-8(10(7)15(18)19)11(16)14-6-9(13)12(17)20-2/h3-5,9H,6H2,1-2H3,(H,14,16). The molecule has 1 aromatic rings. The van der Waals surface area contributed by atoms with Crippen LogP contribution in [0.3, 0.4) is 0 Å². The van der Waals surface area contributed by atoms with Crippen LogP contribution in [-0.4, -0.2) is 34.4 Å². The SMILES string of the molecule is COC(=O)C(I)CNC(=O)c1cccc(C)c1[N+](=O)[O-]. The van der Waals surface area contributed by atoms with Gasteiger partial charge < -0.3 is 10.1 Å². The lowest BCUT2D eigenvalue weighted by Gasteiger charge is -2.10. The van der Waals surface area contributed by atoms with E-state index in [1.54, 1.807) is 19.1 Å². The fourth-order valence-electron chi connectivity index (χ4n) is 1.57. The minimum absolute atomic E-state index is 0.0246. The molecule has 1 unspecified atom stereocenters. The van der Waals surface area contributed by atoms with Gasteiger partial charge in [0, 0.05) is 12.1 Å². The lowest BCUT2D eigenvalue weighted by atomic mass is 10.1. The Hall–Kier alpha value is -1.71. The molecule has 7 nitrogen and oxygen atoms in total. The number of para-hydroxylation sites is 1. The largest absolute Gasteiger partial charge is 0.468 e. The molecule has 0 aliphatic carbocycles. The minimum Gasteiger partial charge on any atom is -0.468 e. The lowest BCUT2D eigenvalue weighted by molar-refractivity contribution is -0.385. The maximum atomic E-state index is 12.0. The Bertz CT molecular complexity index is 547. The van der Waals surface area contributed by atoms with Crippen molar-refractivity contribution in [2.24, 2.45) is 0 Å². The summed E-state index contributed by atoms with van der Waals surface area (Å²) < 4.78 is 3.97. The molecular formula is C12H13IN2O5. The lowest BCUT2D eigenvalue weighted by Crippen LogP contribution is -2.34. The second kappa shape index (κ2) is 7.17. The predicted molar refractivity (Wildman–Crippen MR) is 80.0 cm³/mol. The van der Waals surface area contributed by atoms with Crippen molar-refractivity contribution in [3.8, 4) is 0 Å². The van der Waals surface area contributed by atoms with E-state index in [2.05, 4.69) is 10.1 Å². The number of nitro benzene ring substituents is 1. The van der Waals surface area contributed by atoms with Gasteiger partial charge >= 0.3 is 5.97 Å². The fourth-order valence-corrected chi connectivity index (χ4v) is 2.05. The number of ether oxygens (including phenoxy) is 1. The number of esters is 1. The number of amides is 1. The van der Waals surface area contributed by atoms with E-state index in [4.69, 9.17) is 0 Å². The van der Waals surface area contributed by atoms with E-state index in [9.17, 15) is 19.7 Å². The van der Waals surface area contributed by atoms with Crippen molar-refractivity contribution in [3.63, 3.8) is 0 Å². The van der Waals surface area contributed by atoms with Crippen LogP contribution in [-0.2, 0) is 9.53 Å². The van der Waals surface area contributed by atoms with Crippen molar-refractivity contribution in [2.75, 3.05) is 13.7 Å². The number of halogens is 1.